The number of hydrogen-bond acceptors (Lipinski definition) is 7. The molecule has 3 aromatic heterocycles. The first kappa shape index (κ1) is 30.2. The Morgan fingerprint density at radius 2 is 1.89 bits per heavy atom. The molecule has 2 atom stereocenters. The third-order valence-corrected chi connectivity index (χ3v) is 8.18. The monoisotopic (exact) mass is 631 g/mol. The Hall–Kier alpha value is -4.79. The first-order valence-electron chi connectivity index (χ1n) is 13.8. The second-order valence-electron chi connectivity index (χ2n) is 11.1. The van der Waals surface area contributed by atoms with Crippen LogP contribution in [0, 0.1) is 5.82 Å². The van der Waals surface area contributed by atoms with E-state index in [1.807, 2.05) is 0 Å². The van der Waals surface area contributed by atoms with E-state index in [-0.39, 0.29) is 39.8 Å². The number of carbonyl (C=O) groups excluding carboxylic acids is 2. The number of imidazole rings is 1. The van der Waals surface area contributed by atoms with Crippen molar-refractivity contribution in [1.82, 2.24) is 19.7 Å². The van der Waals surface area contributed by atoms with Gasteiger partial charge in [-0.2, -0.15) is 13.2 Å². The van der Waals surface area contributed by atoms with E-state index in [1.165, 1.54) is 35.9 Å². The van der Waals surface area contributed by atoms with E-state index in [0.717, 1.165) is 30.7 Å². The number of methoxy groups -OCH3 is 1. The molecule has 1 unspecified atom stereocenters. The molecule has 1 fully saturated rings. The minimum Gasteiger partial charge on any atom is -0.493 e. The van der Waals surface area contributed by atoms with Crippen molar-refractivity contribution >= 4 is 17.5 Å². The lowest BCUT2D eigenvalue weighted by Gasteiger charge is -2.31. The molecule has 4 N–H and O–H groups in total. The van der Waals surface area contributed by atoms with E-state index >= 15 is 0 Å². The van der Waals surface area contributed by atoms with Gasteiger partial charge >= 0.3 is 6.18 Å². The van der Waals surface area contributed by atoms with Crippen molar-refractivity contribution in [3.63, 3.8) is 0 Å². The first-order valence-corrected chi connectivity index (χ1v) is 13.8. The average molecular weight is 632 g/mol. The molecular formula is C30H26F5N5O5. The number of hydrogen-bond donors (Lipinski definition) is 3. The second kappa shape index (κ2) is 10.7. The van der Waals surface area contributed by atoms with Gasteiger partial charge in [-0.25, -0.2) is 18.7 Å². The van der Waals surface area contributed by atoms with E-state index in [2.05, 4.69) is 15.3 Å². The number of carbonyl (C=O) groups is 2. The van der Waals surface area contributed by atoms with Crippen molar-refractivity contribution < 1.29 is 46.1 Å². The molecule has 2 amide bonds. The second-order valence-corrected chi connectivity index (χ2v) is 11.1. The van der Waals surface area contributed by atoms with Crippen LogP contribution in [0.1, 0.15) is 46.1 Å². The third kappa shape index (κ3) is 5.00. The Balaban J connectivity index is 1.41. The summed E-state index contributed by atoms with van der Waals surface area (Å²) in [5, 5.41) is 13.3. The molecule has 4 heterocycles. The molecule has 15 heteroatoms. The van der Waals surface area contributed by atoms with Crippen LogP contribution in [0.3, 0.4) is 0 Å². The number of aromatic nitrogens is 3. The summed E-state index contributed by atoms with van der Waals surface area (Å²) in [6.45, 7) is -3.50. The fraction of sp³-hybridized carbons (Fsp3) is 0.333. The number of ether oxygens (including phenoxy) is 2. The van der Waals surface area contributed by atoms with Gasteiger partial charge < -0.3 is 30.0 Å². The largest absolute Gasteiger partial charge is 0.493 e. The highest BCUT2D eigenvalue weighted by Gasteiger charge is 2.58. The number of amides is 2. The Kier molecular flexibility index (Phi) is 7.18. The van der Waals surface area contributed by atoms with E-state index in [9.17, 15) is 36.6 Å². The highest BCUT2D eigenvalue weighted by atomic mass is 19.4. The van der Waals surface area contributed by atoms with Gasteiger partial charge in [-0.1, -0.05) is 0 Å². The maximum atomic E-state index is 14.7. The Morgan fingerprint density at radius 3 is 2.49 bits per heavy atom. The lowest BCUT2D eigenvalue weighted by Crippen LogP contribution is -2.52. The summed E-state index contributed by atoms with van der Waals surface area (Å²) < 4.78 is 84.6. The van der Waals surface area contributed by atoms with Gasteiger partial charge in [0, 0.05) is 29.4 Å². The number of halogens is 5. The van der Waals surface area contributed by atoms with Crippen LogP contribution in [0.25, 0.3) is 16.9 Å². The lowest BCUT2D eigenvalue weighted by atomic mass is 9.81. The van der Waals surface area contributed by atoms with E-state index in [0.29, 0.717) is 11.7 Å². The summed E-state index contributed by atoms with van der Waals surface area (Å²) in [5.41, 5.74) is -1.16. The van der Waals surface area contributed by atoms with E-state index in [1.54, 1.807) is 6.20 Å². The quantitative estimate of drug-likeness (QED) is 0.240. The van der Waals surface area contributed by atoms with Crippen molar-refractivity contribution in [1.29, 1.82) is 0 Å². The molecule has 1 saturated carbocycles. The Morgan fingerprint density at radius 1 is 1.18 bits per heavy atom. The standard InChI is InChI=1S/C30H26F5N5O5/c1-44-21-8-17(10-40-11-20(15-2-3-15)38-25(21)40)26(41)37-13-29(43,30(33,34)35)22-9-19-24(45-14-28(19,12-31)27(36)42)23(39-22)16-4-6-18(32)7-5-16/h4-11,15,43H,2-3,12-14H2,1H3,(H2,36,42)(H,37,41)/t28-,29?/m0/s1. The van der Waals surface area contributed by atoms with Crippen molar-refractivity contribution in [2.45, 2.75) is 36.0 Å². The normalized spacial score (nSPS) is 19.1. The fourth-order valence-electron chi connectivity index (χ4n) is 5.29. The van der Waals surface area contributed by atoms with Crippen LogP contribution in [0.5, 0.6) is 11.5 Å². The fourth-order valence-corrected chi connectivity index (χ4v) is 5.29. The van der Waals surface area contributed by atoms with Gasteiger partial charge in [0.1, 0.15) is 36.0 Å². The van der Waals surface area contributed by atoms with Crippen molar-refractivity contribution in [2.24, 2.45) is 5.73 Å². The molecule has 10 nitrogen and oxygen atoms in total. The van der Waals surface area contributed by atoms with Crippen molar-refractivity contribution in [3.8, 4) is 22.8 Å². The average Bonchev–Trinajstić information content (AvgIpc) is 3.65. The zero-order valence-electron chi connectivity index (χ0n) is 23.6. The predicted octanol–water partition coefficient (Wildman–Crippen LogP) is 3.69. The van der Waals surface area contributed by atoms with E-state index < -0.39 is 60.3 Å². The molecule has 0 spiro atoms. The van der Waals surface area contributed by atoms with E-state index in [4.69, 9.17) is 15.2 Å². The summed E-state index contributed by atoms with van der Waals surface area (Å²) >= 11 is 0. The van der Waals surface area contributed by atoms with Crippen LogP contribution in [-0.4, -0.2) is 64.4 Å². The minimum absolute atomic E-state index is 0.0495. The summed E-state index contributed by atoms with van der Waals surface area (Å²) in [7, 11) is 1.36. The van der Waals surface area contributed by atoms with Gasteiger partial charge in [-0.05, 0) is 49.2 Å². The Labute approximate surface area is 252 Å². The number of primary amides is 1. The summed E-state index contributed by atoms with van der Waals surface area (Å²) in [6.07, 6.45) is -0.432. The topological polar surface area (TPSA) is 141 Å². The Bertz CT molecular complexity index is 1820. The van der Waals surface area contributed by atoms with Crippen LogP contribution in [0.2, 0.25) is 0 Å². The van der Waals surface area contributed by atoms with Gasteiger partial charge in [0.25, 0.3) is 5.91 Å². The molecule has 45 heavy (non-hydrogen) atoms. The molecule has 1 aliphatic carbocycles. The number of nitrogens with zero attached hydrogens (tertiary/aromatic N) is 3. The van der Waals surface area contributed by atoms with Crippen LogP contribution >= 0.6 is 0 Å². The number of nitrogens with two attached hydrogens (primary N) is 1. The predicted molar refractivity (Wildman–Crippen MR) is 148 cm³/mol. The summed E-state index contributed by atoms with van der Waals surface area (Å²) in [5.74, 6) is -2.63. The maximum Gasteiger partial charge on any atom is 0.424 e. The minimum atomic E-state index is -5.45. The molecule has 0 saturated heterocycles. The SMILES string of the molecule is COc1cc(C(=O)NCC(O)(c2cc3c(c(-c4ccc(F)cc4)n2)OC[C@]3(CF)C(N)=O)C(F)(F)F)cn2cc(C3CC3)nc12. The number of benzene rings is 1. The van der Waals surface area contributed by atoms with Gasteiger partial charge in [-0.15, -0.1) is 0 Å². The molecular weight excluding hydrogens is 605 g/mol. The van der Waals surface area contributed by atoms with Gasteiger partial charge in [-0.3, -0.25) is 9.59 Å². The molecule has 6 rings (SSSR count). The zero-order chi connectivity index (χ0) is 32.3. The number of pyridine rings is 2. The highest BCUT2D eigenvalue weighted by molar-refractivity contribution is 5.95. The van der Waals surface area contributed by atoms with Crippen LogP contribution in [-0.2, 0) is 15.8 Å². The van der Waals surface area contributed by atoms with Gasteiger partial charge in [0.2, 0.25) is 11.5 Å². The molecule has 236 valence electrons. The van der Waals surface area contributed by atoms with Crippen LogP contribution in [0.4, 0.5) is 22.0 Å². The first-order chi connectivity index (χ1) is 21.3. The number of aliphatic hydroxyl groups is 1. The van der Waals surface area contributed by atoms with Crippen molar-refractivity contribution in [2.75, 3.05) is 26.9 Å². The number of alkyl halides is 4. The van der Waals surface area contributed by atoms with Gasteiger partial charge in [0.15, 0.2) is 11.4 Å². The highest BCUT2D eigenvalue weighted by Crippen LogP contribution is 2.48. The van der Waals surface area contributed by atoms with Crippen molar-refractivity contribution in [3.05, 3.63) is 77.1 Å². The number of fused-ring (bicyclic) bond motifs is 2. The molecule has 1 aromatic carbocycles. The van der Waals surface area contributed by atoms with Crippen LogP contribution in [0.15, 0.2) is 48.8 Å². The lowest BCUT2D eigenvalue weighted by molar-refractivity contribution is -0.265. The summed E-state index contributed by atoms with van der Waals surface area (Å²) in [4.78, 5) is 34.1. The molecule has 2 aliphatic rings. The third-order valence-electron chi connectivity index (χ3n) is 8.18. The maximum absolute atomic E-state index is 14.7. The number of nitrogens with one attached hydrogen (secondary N) is 1. The smallest absolute Gasteiger partial charge is 0.424 e. The molecule has 0 bridgehead atoms. The zero-order valence-corrected chi connectivity index (χ0v) is 23.6. The molecule has 1 aliphatic heterocycles. The van der Waals surface area contributed by atoms with Crippen LogP contribution < -0.4 is 20.5 Å². The molecule has 4 aromatic rings. The van der Waals surface area contributed by atoms with Gasteiger partial charge in [0.05, 0.1) is 30.6 Å². The number of rotatable bonds is 9. The molecule has 0 radical (unpaired) electrons. The summed E-state index contributed by atoms with van der Waals surface area (Å²) in [6, 6.07) is 6.40.